The van der Waals surface area contributed by atoms with E-state index < -0.39 is 0 Å². The van der Waals surface area contributed by atoms with Crippen LogP contribution in [-0.2, 0) is 0 Å². The van der Waals surface area contributed by atoms with Crippen LogP contribution in [-0.4, -0.2) is 21.5 Å². The molecule has 0 aliphatic carbocycles. The summed E-state index contributed by atoms with van der Waals surface area (Å²) >= 11 is 1.33. The van der Waals surface area contributed by atoms with Gasteiger partial charge in [0.1, 0.15) is 0 Å². The Morgan fingerprint density at radius 3 is 2.50 bits per heavy atom. The van der Waals surface area contributed by atoms with Crippen LogP contribution in [0.25, 0.3) is 0 Å². The van der Waals surface area contributed by atoms with E-state index in [0.29, 0.717) is 10.9 Å². The molecule has 0 saturated carbocycles. The molecule has 0 aromatic carbocycles. The predicted molar refractivity (Wildman–Crippen MR) is 70.0 cm³/mol. The maximum Gasteiger partial charge on any atom is 0.208 e. The third-order valence-electron chi connectivity index (χ3n) is 2.74. The number of nitrogens with zero attached hydrogens (tertiary/aromatic N) is 2. The number of hydrogen-bond acceptors (Lipinski definition) is 5. The van der Waals surface area contributed by atoms with Gasteiger partial charge in [0.05, 0.1) is 12.0 Å². The normalized spacial score (nSPS) is 10.6. The summed E-state index contributed by atoms with van der Waals surface area (Å²) in [5, 5.41) is 0.635. The molecule has 0 fully saturated rings. The van der Waals surface area contributed by atoms with Crippen molar-refractivity contribution in [2.75, 3.05) is 5.75 Å². The SMILES string of the molecule is Cc1nc(SCC(=O)c2ccco2)nc(C)c1C. The lowest BCUT2D eigenvalue weighted by Gasteiger charge is -2.05. The van der Waals surface area contributed by atoms with Crippen molar-refractivity contribution in [2.45, 2.75) is 25.9 Å². The van der Waals surface area contributed by atoms with Gasteiger partial charge in [-0.1, -0.05) is 11.8 Å². The molecule has 0 amide bonds. The summed E-state index contributed by atoms with van der Waals surface area (Å²) in [5.74, 6) is 0.614. The molecular weight excluding hydrogens is 248 g/mol. The molecule has 0 unspecified atom stereocenters. The number of ketones is 1. The van der Waals surface area contributed by atoms with E-state index >= 15 is 0 Å². The molecule has 2 aromatic rings. The Bertz CT molecular complexity index is 541. The molecule has 0 spiro atoms. The van der Waals surface area contributed by atoms with Gasteiger partial charge in [0.25, 0.3) is 0 Å². The van der Waals surface area contributed by atoms with E-state index in [1.165, 1.54) is 18.0 Å². The summed E-state index contributed by atoms with van der Waals surface area (Å²) in [5.41, 5.74) is 3.00. The molecule has 0 saturated heterocycles. The van der Waals surface area contributed by atoms with E-state index in [1.54, 1.807) is 12.1 Å². The molecule has 2 heterocycles. The Morgan fingerprint density at radius 1 is 1.28 bits per heavy atom. The largest absolute Gasteiger partial charge is 0.461 e. The number of carbonyl (C=O) groups excluding carboxylic acids is 1. The highest BCUT2D eigenvalue weighted by molar-refractivity contribution is 7.99. The maximum atomic E-state index is 11.7. The molecule has 0 aliphatic heterocycles. The van der Waals surface area contributed by atoms with Gasteiger partial charge in [-0.3, -0.25) is 4.79 Å². The number of furan rings is 1. The van der Waals surface area contributed by atoms with Crippen molar-refractivity contribution in [1.82, 2.24) is 9.97 Å². The summed E-state index contributed by atoms with van der Waals surface area (Å²) in [6.45, 7) is 5.89. The first-order chi connectivity index (χ1) is 8.58. The first kappa shape index (κ1) is 12.8. The molecule has 94 valence electrons. The van der Waals surface area contributed by atoms with Crippen LogP contribution in [0.1, 0.15) is 27.5 Å². The minimum atomic E-state index is -0.0514. The fraction of sp³-hybridized carbons (Fsp3) is 0.308. The van der Waals surface area contributed by atoms with E-state index in [4.69, 9.17) is 4.42 Å². The monoisotopic (exact) mass is 262 g/mol. The number of thioether (sulfide) groups is 1. The molecule has 0 atom stereocenters. The Hall–Kier alpha value is -1.62. The van der Waals surface area contributed by atoms with Gasteiger partial charge >= 0.3 is 0 Å². The molecule has 0 N–H and O–H groups in total. The summed E-state index contributed by atoms with van der Waals surface area (Å²) in [6.07, 6.45) is 1.49. The van der Waals surface area contributed by atoms with Crippen molar-refractivity contribution < 1.29 is 9.21 Å². The lowest BCUT2D eigenvalue weighted by atomic mass is 10.2. The van der Waals surface area contributed by atoms with Crippen molar-refractivity contribution in [1.29, 1.82) is 0 Å². The van der Waals surface area contributed by atoms with Gasteiger partial charge in [0.15, 0.2) is 10.9 Å². The molecule has 0 radical (unpaired) electrons. The Morgan fingerprint density at radius 2 is 1.94 bits per heavy atom. The highest BCUT2D eigenvalue weighted by Gasteiger charge is 2.11. The fourth-order valence-electron chi connectivity index (χ4n) is 1.44. The van der Waals surface area contributed by atoms with Gasteiger partial charge in [-0.2, -0.15) is 0 Å². The predicted octanol–water partition coefficient (Wildman–Crippen LogP) is 2.97. The quantitative estimate of drug-likeness (QED) is 0.481. The first-order valence-electron chi connectivity index (χ1n) is 5.59. The molecule has 0 bridgehead atoms. The van der Waals surface area contributed by atoms with Crippen LogP contribution in [0.5, 0.6) is 0 Å². The molecular formula is C13H14N2O2S. The minimum absolute atomic E-state index is 0.0514. The van der Waals surface area contributed by atoms with Crippen LogP contribution >= 0.6 is 11.8 Å². The van der Waals surface area contributed by atoms with Crippen molar-refractivity contribution >= 4 is 17.5 Å². The lowest BCUT2D eigenvalue weighted by molar-refractivity contribution is 0.0992. The van der Waals surface area contributed by atoms with Crippen molar-refractivity contribution in [2.24, 2.45) is 0 Å². The number of rotatable bonds is 4. The van der Waals surface area contributed by atoms with Crippen LogP contribution in [0, 0.1) is 20.8 Å². The number of aryl methyl sites for hydroxylation is 2. The fourth-order valence-corrected chi connectivity index (χ4v) is 2.25. The van der Waals surface area contributed by atoms with Crippen molar-refractivity contribution in [3.63, 3.8) is 0 Å². The molecule has 5 heteroatoms. The topological polar surface area (TPSA) is 56.0 Å². The number of carbonyl (C=O) groups is 1. The lowest BCUT2D eigenvalue weighted by Crippen LogP contribution is -2.03. The van der Waals surface area contributed by atoms with Crippen LogP contribution in [0.2, 0.25) is 0 Å². The Labute approximate surface area is 110 Å². The number of aromatic nitrogens is 2. The second-order valence-corrected chi connectivity index (χ2v) is 4.93. The van der Waals surface area contributed by atoms with Crippen LogP contribution < -0.4 is 0 Å². The van der Waals surface area contributed by atoms with Crippen LogP contribution in [0.15, 0.2) is 28.0 Å². The first-order valence-corrected chi connectivity index (χ1v) is 6.58. The van der Waals surface area contributed by atoms with Crippen LogP contribution in [0.3, 0.4) is 0 Å². The summed E-state index contributed by atoms with van der Waals surface area (Å²) in [7, 11) is 0. The summed E-state index contributed by atoms with van der Waals surface area (Å²) in [4.78, 5) is 20.5. The van der Waals surface area contributed by atoms with Gasteiger partial charge in [0.2, 0.25) is 5.78 Å². The zero-order valence-corrected chi connectivity index (χ0v) is 11.4. The van der Waals surface area contributed by atoms with E-state index in [-0.39, 0.29) is 11.5 Å². The standard InChI is InChI=1S/C13H14N2O2S/c1-8-9(2)14-13(15-10(8)3)18-7-11(16)12-5-4-6-17-12/h4-6H,7H2,1-3H3. The van der Waals surface area contributed by atoms with Crippen LogP contribution in [0.4, 0.5) is 0 Å². The highest BCUT2D eigenvalue weighted by Crippen LogP contribution is 2.18. The molecule has 2 rings (SSSR count). The minimum Gasteiger partial charge on any atom is -0.461 e. The average Bonchev–Trinajstić information content (AvgIpc) is 2.86. The van der Waals surface area contributed by atoms with Gasteiger partial charge in [0, 0.05) is 11.4 Å². The molecule has 4 nitrogen and oxygen atoms in total. The molecule has 0 aliphatic rings. The molecule has 2 aromatic heterocycles. The smallest absolute Gasteiger partial charge is 0.208 e. The van der Waals surface area contributed by atoms with Gasteiger partial charge in [-0.05, 0) is 38.5 Å². The Kier molecular flexibility index (Phi) is 3.81. The van der Waals surface area contributed by atoms with E-state index in [1.807, 2.05) is 20.8 Å². The van der Waals surface area contributed by atoms with E-state index in [0.717, 1.165) is 17.0 Å². The zero-order chi connectivity index (χ0) is 13.1. The zero-order valence-electron chi connectivity index (χ0n) is 10.6. The summed E-state index contributed by atoms with van der Waals surface area (Å²) in [6, 6.07) is 3.37. The van der Waals surface area contributed by atoms with Gasteiger partial charge in [-0.15, -0.1) is 0 Å². The van der Waals surface area contributed by atoms with Gasteiger partial charge < -0.3 is 4.42 Å². The third-order valence-corrected chi connectivity index (χ3v) is 3.59. The molecule has 18 heavy (non-hydrogen) atoms. The van der Waals surface area contributed by atoms with E-state index in [2.05, 4.69) is 9.97 Å². The third kappa shape index (κ3) is 2.79. The van der Waals surface area contributed by atoms with E-state index in [9.17, 15) is 4.79 Å². The highest BCUT2D eigenvalue weighted by atomic mass is 32.2. The second kappa shape index (κ2) is 5.35. The number of hydrogen-bond donors (Lipinski definition) is 0. The average molecular weight is 262 g/mol. The van der Waals surface area contributed by atoms with Gasteiger partial charge in [-0.25, -0.2) is 9.97 Å². The van der Waals surface area contributed by atoms with Crippen molar-refractivity contribution in [3.05, 3.63) is 41.1 Å². The summed E-state index contributed by atoms with van der Waals surface area (Å²) < 4.78 is 5.05. The number of Topliss-reactive ketones (excluding diaryl/α,β-unsaturated/α-hetero) is 1. The maximum absolute atomic E-state index is 11.7. The second-order valence-electron chi connectivity index (χ2n) is 3.99. The Balaban J connectivity index is 2.05. The van der Waals surface area contributed by atoms with Crippen molar-refractivity contribution in [3.8, 4) is 0 Å².